The van der Waals surface area contributed by atoms with E-state index in [1.807, 2.05) is 0 Å². The molecule has 4 nitrogen and oxygen atoms in total. The van der Waals surface area contributed by atoms with Crippen LogP contribution in [-0.4, -0.2) is 29.4 Å². The van der Waals surface area contributed by atoms with E-state index in [0.717, 1.165) is 38.4 Å². The lowest BCUT2D eigenvalue weighted by atomic mass is 9.82. The minimum absolute atomic E-state index is 0.0935. The highest BCUT2D eigenvalue weighted by Crippen LogP contribution is 2.38. The van der Waals surface area contributed by atoms with Crippen molar-refractivity contribution < 1.29 is 19.2 Å². The van der Waals surface area contributed by atoms with Crippen molar-refractivity contribution in [3.8, 4) is 0 Å². The summed E-state index contributed by atoms with van der Waals surface area (Å²) in [6.07, 6.45) is 6.27. The maximum atomic E-state index is 10.4. The van der Waals surface area contributed by atoms with E-state index in [2.05, 4.69) is 27.7 Å². The number of unbranched alkanes of at least 4 members (excludes halogenated alkanes) is 4. The molecule has 0 aromatic carbocycles. The zero-order chi connectivity index (χ0) is 14.5. The molecule has 0 aromatic heterocycles. The van der Waals surface area contributed by atoms with Gasteiger partial charge in [0.15, 0.2) is 0 Å². The molecule has 1 aliphatic rings. The van der Waals surface area contributed by atoms with E-state index in [0.29, 0.717) is 0 Å². The zero-order valence-corrected chi connectivity index (χ0v) is 12.7. The van der Waals surface area contributed by atoms with Crippen LogP contribution >= 0.6 is 0 Å². The van der Waals surface area contributed by atoms with Crippen molar-refractivity contribution >= 4 is 13.1 Å². The highest BCUT2D eigenvalue weighted by molar-refractivity contribution is 6.45. The highest BCUT2D eigenvalue weighted by atomic mass is 16.7. The first kappa shape index (κ1) is 16.5. The Morgan fingerprint density at radius 2 is 1.42 bits per heavy atom. The van der Waals surface area contributed by atoms with Gasteiger partial charge < -0.3 is 14.4 Å². The molecular formula is C14H27BO4. The molecule has 0 spiro atoms. The number of carbonyl (C=O) groups is 1. The minimum atomic E-state index is -0.697. The standard InChI is InChI=1S/C14H27BO4/c1-13(2)14(3,4)19-15(18-13)11-9-7-5-6-8-10-12(16)17/h5-11H2,1-4H3,(H,16,17). The van der Waals surface area contributed by atoms with Crippen molar-refractivity contribution in [1.29, 1.82) is 0 Å². The summed E-state index contributed by atoms with van der Waals surface area (Å²) in [6, 6.07) is 0. The van der Waals surface area contributed by atoms with E-state index in [9.17, 15) is 4.79 Å². The van der Waals surface area contributed by atoms with Gasteiger partial charge in [0.1, 0.15) is 0 Å². The zero-order valence-electron chi connectivity index (χ0n) is 12.7. The molecule has 1 saturated heterocycles. The Labute approximate surface area is 117 Å². The number of hydrogen-bond acceptors (Lipinski definition) is 3. The fourth-order valence-corrected chi connectivity index (χ4v) is 2.20. The largest absolute Gasteiger partial charge is 0.481 e. The van der Waals surface area contributed by atoms with Crippen LogP contribution in [-0.2, 0) is 14.1 Å². The van der Waals surface area contributed by atoms with Crippen LogP contribution in [0.4, 0.5) is 0 Å². The van der Waals surface area contributed by atoms with Gasteiger partial charge in [-0.1, -0.05) is 25.7 Å². The second-order valence-corrected chi connectivity index (χ2v) is 6.39. The first-order valence-electron chi connectivity index (χ1n) is 7.32. The summed E-state index contributed by atoms with van der Waals surface area (Å²) in [7, 11) is -0.0935. The van der Waals surface area contributed by atoms with Crippen molar-refractivity contribution in [1.82, 2.24) is 0 Å². The molecule has 1 fully saturated rings. The van der Waals surface area contributed by atoms with E-state index in [1.165, 1.54) is 0 Å². The third kappa shape index (κ3) is 5.15. The van der Waals surface area contributed by atoms with Gasteiger partial charge in [-0.05, 0) is 40.4 Å². The summed E-state index contributed by atoms with van der Waals surface area (Å²) in [5.74, 6) is -0.697. The summed E-state index contributed by atoms with van der Waals surface area (Å²) in [4.78, 5) is 10.4. The SMILES string of the molecule is CC1(C)OB(CCCCCCCC(=O)O)OC1(C)C. The van der Waals surface area contributed by atoms with Crippen LogP contribution in [0.25, 0.3) is 0 Å². The molecular weight excluding hydrogens is 243 g/mol. The fourth-order valence-electron chi connectivity index (χ4n) is 2.20. The van der Waals surface area contributed by atoms with Gasteiger partial charge in [-0.3, -0.25) is 4.79 Å². The lowest BCUT2D eigenvalue weighted by molar-refractivity contribution is -0.137. The Morgan fingerprint density at radius 3 is 1.95 bits per heavy atom. The second-order valence-electron chi connectivity index (χ2n) is 6.39. The lowest BCUT2D eigenvalue weighted by Gasteiger charge is -2.32. The molecule has 0 aliphatic carbocycles. The number of carboxylic acids is 1. The predicted molar refractivity (Wildman–Crippen MR) is 76.2 cm³/mol. The normalized spacial score (nSPS) is 20.7. The smallest absolute Gasteiger partial charge is 0.457 e. The number of aliphatic carboxylic acids is 1. The Kier molecular flexibility index (Phi) is 5.87. The molecule has 1 N–H and O–H groups in total. The Bertz CT molecular complexity index is 286. The molecule has 0 atom stereocenters. The molecule has 0 aromatic rings. The van der Waals surface area contributed by atoms with Gasteiger partial charge >= 0.3 is 13.1 Å². The van der Waals surface area contributed by atoms with Crippen molar-refractivity contribution in [3.63, 3.8) is 0 Å². The maximum absolute atomic E-state index is 10.4. The van der Waals surface area contributed by atoms with Crippen molar-refractivity contribution in [3.05, 3.63) is 0 Å². The predicted octanol–water partition coefficient (Wildman–Crippen LogP) is 3.50. The molecule has 19 heavy (non-hydrogen) atoms. The minimum Gasteiger partial charge on any atom is -0.481 e. The average Bonchev–Trinajstić information content (AvgIpc) is 2.45. The first-order valence-corrected chi connectivity index (χ1v) is 7.32. The molecule has 1 heterocycles. The van der Waals surface area contributed by atoms with Crippen LogP contribution in [0.1, 0.15) is 66.2 Å². The average molecular weight is 270 g/mol. The molecule has 5 heteroatoms. The summed E-state index contributed by atoms with van der Waals surface area (Å²) in [5, 5.41) is 8.52. The van der Waals surface area contributed by atoms with E-state index in [1.54, 1.807) is 0 Å². The quantitative estimate of drug-likeness (QED) is 0.541. The molecule has 0 unspecified atom stereocenters. The molecule has 110 valence electrons. The van der Waals surface area contributed by atoms with E-state index < -0.39 is 5.97 Å². The monoisotopic (exact) mass is 270 g/mol. The Morgan fingerprint density at radius 1 is 0.947 bits per heavy atom. The van der Waals surface area contributed by atoms with Crippen LogP contribution in [0.5, 0.6) is 0 Å². The number of rotatable bonds is 8. The molecule has 0 bridgehead atoms. The third-order valence-corrected chi connectivity index (χ3v) is 4.13. The summed E-state index contributed by atoms with van der Waals surface area (Å²) >= 11 is 0. The van der Waals surface area contributed by atoms with Crippen molar-refractivity contribution in [2.24, 2.45) is 0 Å². The summed E-state index contributed by atoms with van der Waals surface area (Å²) < 4.78 is 11.8. The molecule has 0 saturated carbocycles. The van der Waals surface area contributed by atoms with Gasteiger partial charge in [0.2, 0.25) is 0 Å². The van der Waals surface area contributed by atoms with Crippen molar-refractivity contribution in [2.75, 3.05) is 0 Å². The van der Waals surface area contributed by atoms with Crippen molar-refractivity contribution in [2.45, 2.75) is 83.7 Å². The number of hydrogen-bond donors (Lipinski definition) is 1. The second kappa shape index (κ2) is 6.75. The Balaban J connectivity index is 2.07. The Hall–Kier alpha value is -0.545. The first-order chi connectivity index (χ1) is 8.74. The highest BCUT2D eigenvalue weighted by Gasteiger charge is 2.50. The van der Waals surface area contributed by atoms with Gasteiger partial charge in [0, 0.05) is 6.42 Å². The van der Waals surface area contributed by atoms with Crippen LogP contribution in [0, 0.1) is 0 Å². The topological polar surface area (TPSA) is 55.8 Å². The molecule has 0 amide bonds. The van der Waals surface area contributed by atoms with Gasteiger partial charge in [-0.15, -0.1) is 0 Å². The lowest BCUT2D eigenvalue weighted by Crippen LogP contribution is -2.41. The summed E-state index contributed by atoms with van der Waals surface area (Å²) in [5.41, 5.74) is -0.474. The molecule has 0 radical (unpaired) electrons. The fraction of sp³-hybridized carbons (Fsp3) is 0.929. The van der Waals surface area contributed by atoms with Crippen LogP contribution < -0.4 is 0 Å². The summed E-state index contributed by atoms with van der Waals surface area (Å²) in [6.45, 7) is 8.27. The van der Waals surface area contributed by atoms with E-state index in [4.69, 9.17) is 14.4 Å². The van der Waals surface area contributed by atoms with E-state index in [-0.39, 0.29) is 24.7 Å². The third-order valence-electron chi connectivity index (χ3n) is 4.13. The van der Waals surface area contributed by atoms with E-state index >= 15 is 0 Å². The van der Waals surface area contributed by atoms with Gasteiger partial charge in [-0.2, -0.15) is 0 Å². The number of carboxylic acid groups (broad SMARTS) is 1. The molecule has 1 aliphatic heterocycles. The van der Waals surface area contributed by atoms with Gasteiger partial charge in [0.05, 0.1) is 11.2 Å². The van der Waals surface area contributed by atoms with Gasteiger partial charge in [-0.25, -0.2) is 0 Å². The van der Waals surface area contributed by atoms with Crippen LogP contribution in [0.2, 0.25) is 6.32 Å². The van der Waals surface area contributed by atoms with Crippen LogP contribution in [0.15, 0.2) is 0 Å². The molecule has 1 rings (SSSR count). The maximum Gasteiger partial charge on any atom is 0.457 e. The van der Waals surface area contributed by atoms with Gasteiger partial charge in [0.25, 0.3) is 0 Å². The van der Waals surface area contributed by atoms with Crippen LogP contribution in [0.3, 0.4) is 0 Å².